The van der Waals surface area contributed by atoms with Crippen LogP contribution in [0.3, 0.4) is 0 Å². The van der Waals surface area contributed by atoms with Gasteiger partial charge in [-0.1, -0.05) is 0 Å². The molecule has 0 saturated carbocycles. The lowest BCUT2D eigenvalue weighted by Gasteiger charge is -2.37. The summed E-state index contributed by atoms with van der Waals surface area (Å²) in [5.41, 5.74) is 0.894. The number of nitrogens with zero attached hydrogens (tertiary/aromatic N) is 6. The van der Waals surface area contributed by atoms with Crippen LogP contribution in [-0.2, 0) is 14.6 Å². The van der Waals surface area contributed by atoms with E-state index in [1.807, 2.05) is 17.9 Å². The number of carbonyl (C=O) groups is 1. The number of likely N-dealkylation sites (tertiary alicyclic amines) is 1. The monoisotopic (exact) mass is 392 g/mol. The number of fused-ring (bicyclic) bond motifs is 1. The summed E-state index contributed by atoms with van der Waals surface area (Å²) < 4.78 is 24.8. The zero-order chi connectivity index (χ0) is 19.2. The van der Waals surface area contributed by atoms with Crippen LogP contribution in [-0.4, -0.2) is 76.5 Å². The van der Waals surface area contributed by atoms with Crippen molar-refractivity contribution in [3.05, 3.63) is 18.1 Å². The second-order valence-corrected chi connectivity index (χ2v) is 9.84. The Labute approximate surface area is 158 Å². The Morgan fingerprint density at radius 1 is 1.26 bits per heavy atom. The molecule has 1 amide bonds. The minimum absolute atomic E-state index is 0.0804. The number of anilines is 1. The van der Waals surface area contributed by atoms with Crippen molar-refractivity contribution in [2.75, 3.05) is 36.5 Å². The van der Waals surface area contributed by atoms with Crippen LogP contribution in [0.5, 0.6) is 0 Å². The molecule has 4 heterocycles. The fourth-order valence-corrected chi connectivity index (χ4v) is 5.32. The van der Waals surface area contributed by atoms with Crippen molar-refractivity contribution >= 4 is 27.3 Å². The number of hydrogen-bond donors (Lipinski definition) is 0. The number of hydrogen-bond acceptors (Lipinski definition) is 7. The van der Waals surface area contributed by atoms with Crippen molar-refractivity contribution < 1.29 is 13.2 Å². The second-order valence-electron chi connectivity index (χ2n) is 7.65. The molecule has 9 nitrogen and oxygen atoms in total. The molecule has 2 saturated heterocycles. The molecular formula is C17H24N6O3S. The zero-order valence-corrected chi connectivity index (χ0v) is 16.4. The maximum atomic E-state index is 12.4. The first-order chi connectivity index (χ1) is 12.8. The van der Waals surface area contributed by atoms with E-state index in [-0.39, 0.29) is 23.6 Å². The molecule has 0 N–H and O–H groups in total. The van der Waals surface area contributed by atoms with Gasteiger partial charge in [-0.25, -0.2) is 13.4 Å². The summed E-state index contributed by atoms with van der Waals surface area (Å²) in [4.78, 5) is 25.1. The van der Waals surface area contributed by atoms with Crippen molar-refractivity contribution in [2.45, 2.75) is 32.2 Å². The summed E-state index contributed by atoms with van der Waals surface area (Å²) in [6.45, 7) is 4.11. The van der Waals surface area contributed by atoms with Crippen molar-refractivity contribution in [1.29, 1.82) is 0 Å². The smallest absolute Gasteiger partial charge is 0.254 e. The lowest BCUT2D eigenvalue weighted by atomic mass is 10.0. The van der Waals surface area contributed by atoms with Crippen LogP contribution in [0.15, 0.2) is 12.4 Å². The average Bonchev–Trinajstić information content (AvgIpc) is 3.19. The third-order valence-corrected chi connectivity index (χ3v) is 6.44. The molecule has 0 spiro atoms. The van der Waals surface area contributed by atoms with Gasteiger partial charge in [-0.2, -0.15) is 14.6 Å². The molecule has 1 atom stereocenters. The molecule has 10 heteroatoms. The van der Waals surface area contributed by atoms with Gasteiger partial charge in [-0.15, -0.1) is 0 Å². The Morgan fingerprint density at radius 3 is 2.70 bits per heavy atom. The van der Waals surface area contributed by atoms with Gasteiger partial charge in [0, 0.05) is 50.1 Å². The fraction of sp³-hybridized carbons (Fsp3) is 0.647. The summed E-state index contributed by atoms with van der Waals surface area (Å²) in [5, 5.41) is 4.27. The van der Waals surface area contributed by atoms with E-state index < -0.39 is 9.84 Å². The van der Waals surface area contributed by atoms with Crippen LogP contribution in [0.1, 0.15) is 25.0 Å². The highest BCUT2D eigenvalue weighted by Crippen LogP contribution is 2.28. The Balaban J connectivity index is 1.43. The SMILES string of the molecule is Cc1cc(N2CCC(N3CC(CS(C)(=O)=O)CC3=O)CC2)n2ncnc2n1. The van der Waals surface area contributed by atoms with E-state index in [4.69, 9.17) is 0 Å². The van der Waals surface area contributed by atoms with Crippen LogP contribution in [0.4, 0.5) is 5.82 Å². The van der Waals surface area contributed by atoms with Crippen molar-refractivity contribution in [3.8, 4) is 0 Å². The molecule has 2 aromatic rings. The van der Waals surface area contributed by atoms with E-state index in [1.54, 1.807) is 4.52 Å². The van der Waals surface area contributed by atoms with Crippen LogP contribution < -0.4 is 4.90 Å². The standard InChI is InChI=1S/C17H24N6O3S/c1-12-7-15(23-17(20-12)18-11-19-23)21-5-3-14(4-6-21)22-9-13(8-16(22)24)10-27(2,25)26/h7,11,13-14H,3-6,8-10H2,1-2H3. The second kappa shape index (κ2) is 6.74. The molecule has 2 aliphatic heterocycles. The molecule has 2 aliphatic rings. The van der Waals surface area contributed by atoms with E-state index >= 15 is 0 Å². The van der Waals surface area contributed by atoms with Gasteiger partial charge < -0.3 is 9.80 Å². The highest BCUT2D eigenvalue weighted by atomic mass is 32.2. The Morgan fingerprint density at radius 2 is 2.00 bits per heavy atom. The third kappa shape index (κ3) is 3.76. The predicted molar refractivity (Wildman–Crippen MR) is 100 cm³/mol. The summed E-state index contributed by atoms with van der Waals surface area (Å²) in [7, 11) is -3.06. The average molecular weight is 392 g/mol. The number of rotatable bonds is 4. The molecule has 2 fully saturated rings. The van der Waals surface area contributed by atoms with Gasteiger partial charge in [0.05, 0.1) is 5.75 Å². The van der Waals surface area contributed by atoms with Gasteiger partial charge in [0.2, 0.25) is 5.91 Å². The number of sulfone groups is 1. The lowest BCUT2D eigenvalue weighted by Crippen LogP contribution is -2.46. The highest BCUT2D eigenvalue weighted by Gasteiger charge is 2.37. The van der Waals surface area contributed by atoms with Crippen LogP contribution in [0.25, 0.3) is 5.78 Å². The summed E-state index contributed by atoms with van der Waals surface area (Å²) >= 11 is 0. The van der Waals surface area contributed by atoms with Crippen molar-refractivity contribution in [1.82, 2.24) is 24.5 Å². The lowest BCUT2D eigenvalue weighted by molar-refractivity contribution is -0.130. The van der Waals surface area contributed by atoms with E-state index in [0.29, 0.717) is 18.7 Å². The van der Waals surface area contributed by atoms with Crippen molar-refractivity contribution in [3.63, 3.8) is 0 Å². The maximum absolute atomic E-state index is 12.4. The number of aromatic nitrogens is 4. The molecule has 146 valence electrons. The first-order valence-electron chi connectivity index (χ1n) is 9.20. The van der Waals surface area contributed by atoms with Crippen molar-refractivity contribution in [2.24, 2.45) is 5.92 Å². The third-order valence-electron chi connectivity index (χ3n) is 5.37. The van der Waals surface area contributed by atoms with Crippen LogP contribution >= 0.6 is 0 Å². The number of aryl methyl sites for hydroxylation is 1. The zero-order valence-electron chi connectivity index (χ0n) is 15.6. The van der Waals surface area contributed by atoms with Crippen LogP contribution in [0.2, 0.25) is 0 Å². The Hall–Kier alpha value is -2.23. The number of amides is 1. The number of piperidine rings is 1. The van der Waals surface area contributed by atoms with E-state index in [2.05, 4.69) is 20.0 Å². The predicted octanol–water partition coefficient (Wildman–Crippen LogP) is 0.295. The van der Waals surface area contributed by atoms with E-state index in [0.717, 1.165) is 37.4 Å². The molecule has 2 aromatic heterocycles. The van der Waals surface area contributed by atoms with E-state index in [1.165, 1.54) is 12.6 Å². The normalized spacial score (nSPS) is 22.1. The van der Waals surface area contributed by atoms with Gasteiger partial charge in [0.1, 0.15) is 22.0 Å². The molecule has 1 unspecified atom stereocenters. The molecule has 0 bridgehead atoms. The summed E-state index contributed by atoms with van der Waals surface area (Å²) in [5.74, 6) is 1.65. The molecule has 0 radical (unpaired) electrons. The first-order valence-corrected chi connectivity index (χ1v) is 11.3. The largest absolute Gasteiger partial charge is 0.356 e. The Kier molecular flexibility index (Phi) is 4.53. The topological polar surface area (TPSA) is 101 Å². The summed E-state index contributed by atoms with van der Waals surface area (Å²) in [6, 6.07) is 2.18. The van der Waals surface area contributed by atoms with E-state index in [9.17, 15) is 13.2 Å². The van der Waals surface area contributed by atoms with Gasteiger partial charge in [-0.3, -0.25) is 4.79 Å². The first kappa shape index (κ1) is 18.1. The molecule has 4 rings (SSSR count). The van der Waals surface area contributed by atoms with Gasteiger partial charge in [-0.05, 0) is 25.7 Å². The number of carbonyl (C=O) groups excluding carboxylic acids is 1. The molecule has 27 heavy (non-hydrogen) atoms. The fourth-order valence-electron chi connectivity index (χ4n) is 4.24. The van der Waals surface area contributed by atoms with Gasteiger partial charge in [0.15, 0.2) is 0 Å². The Bertz CT molecular complexity index is 964. The summed E-state index contributed by atoms with van der Waals surface area (Å²) in [6.07, 6.45) is 4.79. The molecule has 0 aromatic carbocycles. The quantitative estimate of drug-likeness (QED) is 0.737. The highest BCUT2D eigenvalue weighted by molar-refractivity contribution is 7.90. The molecular weight excluding hydrogens is 368 g/mol. The van der Waals surface area contributed by atoms with Gasteiger partial charge >= 0.3 is 0 Å². The minimum Gasteiger partial charge on any atom is -0.356 e. The van der Waals surface area contributed by atoms with Gasteiger partial charge in [0.25, 0.3) is 5.78 Å². The maximum Gasteiger partial charge on any atom is 0.254 e. The van der Waals surface area contributed by atoms with Crippen LogP contribution in [0, 0.1) is 12.8 Å². The molecule has 0 aliphatic carbocycles. The minimum atomic E-state index is -3.06.